The highest BCUT2D eigenvalue weighted by atomic mass is 16.5. The van der Waals surface area contributed by atoms with Crippen molar-refractivity contribution in [2.75, 3.05) is 52.4 Å². The van der Waals surface area contributed by atoms with Crippen molar-refractivity contribution in [1.29, 1.82) is 0 Å². The summed E-state index contributed by atoms with van der Waals surface area (Å²) in [5.41, 5.74) is 0.674. The van der Waals surface area contributed by atoms with E-state index in [9.17, 15) is 4.79 Å². The Bertz CT molecular complexity index is 529. The van der Waals surface area contributed by atoms with E-state index in [0.717, 1.165) is 32.7 Å². The minimum atomic E-state index is 0.0561. The molecule has 1 aromatic rings. The van der Waals surface area contributed by atoms with Crippen LogP contribution in [0.2, 0.25) is 0 Å². The van der Waals surface area contributed by atoms with Gasteiger partial charge in [0, 0.05) is 45.3 Å². The molecule has 1 aromatic carbocycles. The molecular weight excluding hydrogens is 290 g/mol. The van der Waals surface area contributed by atoms with Crippen LogP contribution in [-0.2, 0) is 0 Å². The van der Waals surface area contributed by atoms with Crippen LogP contribution in [0.25, 0.3) is 0 Å². The molecule has 2 saturated heterocycles. The van der Waals surface area contributed by atoms with E-state index in [-0.39, 0.29) is 5.78 Å². The molecule has 0 saturated carbocycles. The fourth-order valence-corrected chi connectivity index (χ4v) is 3.53. The molecule has 0 spiro atoms. The first-order valence-electron chi connectivity index (χ1n) is 8.64. The zero-order valence-corrected chi connectivity index (χ0v) is 14.0. The first-order valence-corrected chi connectivity index (χ1v) is 8.64. The van der Waals surface area contributed by atoms with Crippen LogP contribution >= 0.6 is 0 Å². The van der Waals surface area contributed by atoms with Crippen molar-refractivity contribution in [1.82, 2.24) is 15.1 Å². The highest BCUT2D eigenvalue weighted by Gasteiger charge is 2.28. The van der Waals surface area contributed by atoms with Gasteiger partial charge in [0.25, 0.3) is 0 Å². The Morgan fingerprint density at radius 2 is 2.04 bits per heavy atom. The monoisotopic (exact) mass is 317 g/mol. The number of hydrogen-bond donors (Lipinski definition) is 1. The number of benzene rings is 1. The maximum atomic E-state index is 11.6. The molecule has 126 valence electrons. The summed E-state index contributed by atoms with van der Waals surface area (Å²) in [5, 5.41) is 3.41. The second-order valence-electron chi connectivity index (χ2n) is 6.43. The number of rotatable bonds is 6. The molecular formula is C18H27N3O2. The minimum absolute atomic E-state index is 0.0561. The minimum Gasteiger partial charge on any atom is -0.491 e. The van der Waals surface area contributed by atoms with Crippen LogP contribution < -0.4 is 10.1 Å². The molecule has 23 heavy (non-hydrogen) atoms. The molecule has 0 bridgehead atoms. The number of hydrogen-bond acceptors (Lipinski definition) is 5. The predicted octanol–water partition coefficient (Wildman–Crippen LogP) is 1.25. The number of para-hydroxylation sites is 1. The Kier molecular flexibility index (Phi) is 5.65. The van der Waals surface area contributed by atoms with Gasteiger partial charge >= 0.3 is 0 Å². The number of likely N-dealkylation sites (tertiary alicyclic amines) is 1. The molecule has 1 unspecified atom stereocenters. The predicted molar refractivity (Wildman–Crippen MR) is 91.2 cm³/mol. The lowest BCUT2D eigenvalue weighted by molar-refractivity contribution is 0.101. The molecule has 1 atom stereocenters. The van der Waals surface area contributed by atoms with Gasteiger partial charge in [0.2, 0.25) is 0 Å². The first-order chi connectivity index (χ1) is 11.2. The average molecular weight is 317 g/mol. The third-order valence-electron chi connectivity index (χ3n) is 4.85. The number of carbonyl (C=O) groups excluding carboxylic acids is 1. The lowest BCUT2D eigenvalue weighted by atomic mass is 10.1. The average Bonchev–Trinajstić information content (AvgIpc) is 3.05. The van der Waals surface area contributed by atoms with E-state index in [1.807, 2.05) is 24.3 Å². The SMILES string of the molecule is CC(=O)c1ccccc1OCCN1CCC(N2CCNCC2)C1. The van der Waals surface area contributed by atoms with Crippen molar-refractivity contribution in [3.63, 3.8) is 0 Å². The van der Waals surface area contributed by atoms with Gasteiger partial charge in [-0.2, -0.15) is 0 Å². The number of piperazine rings is 1. The summed E-state index contributed by atoms with van der Waals surface area (Å²) in [5.74, 6) is 0.762. The molecule has 3 rings (SSSR count). The molecule has 5 heteroatoms. The van der Waals surface area contributed by atoms with Gasteiger partial charge in [0.1, 0.15) is 12.4 Å². The number of nitrogens with zero attached hydrogens (tertiary/aromatic N) is 2. The summed E-state index contributed by atoms with van der Waals surface area (Å²) in [6, 6.07) is 8.19. The van der Waals surface area contributed by atoms with E-state index < -0.39 is 0 Å². The maximum Gasteiger partial charge on any atom is 0.163 e. The van der Waals surface area contributed by atoms with Crippen LogP contribution in [0, 0.1) is 0 Å². The van der Waals surface area contributed by atoms with E-state index in [0.29, 0.717) is 24.0 Å². The molecule has 1 N–H and O–H groups in total. The van der Waals surface area contributed by atoms with E-state index in [2.05, 4.69) is 15.1 Å². The number of ketones is 1. The van der Waals surface area contributed by atoms with Crippen LogP contribution in [-0.4, -0.2) is 74.0 Å². The highest BCUT2D eigenvalue weighted by molar-refractivity contribution is 5.96. The Morgan fingerprint density at radius 3 is 2.83 bits per heavy atom. The van der Waals surface area contributed by atoms with E-state index >= 15 is 0 Å². The van der Waals surface area contributed by atoms with Crippen LogP contribution in [0.3, 0.4) is 0 Å². The van der Waals surface area contributed by atoms with Gasteiger partial charge in [-0.15, -0.1) is 0 Å². The molecule has 5 nitrogen and oxygen atoms in total. The molecule has 2 aliphatic rings. The largest absolute Gasteiger partial charge is 0.491 e. The smallest absolute Gasteiger partial charge is 0.163 e. The zero-order chi connectivity index (χ0) is 16.1. The topological polar surface area (TPSA) is 44.8 Å². The van der Waals surface area contributed by atoms with Crippen LogP contribution in [0.5, 0.6) is 5.75 Å². The molecule has 0 aromatic heterocycles. The van der Waals surface area contributed by atoms with Gasteiger partial charge in [0.05, 0.1) is 5.56 Å². The van der Waals surface area contributed by atoms with E-state index in [1.54, 1.807) is 6.92 Å². The molecule has 0 aliphatic carbocycles. The van der Waals surface area contributed by atoms with Crippen molar-refractivity contribution in [3.8, 4) is 5.75 Å². The van der Waals surface area contributed by atoms with E-state index in [1.165, 1.54) is 19.5 Å². The molecule has 0 radical (unpaired) electrons. The van der Waals surface area contributed by atoms with Gasteiger partial charge in [0.15, 0.2) is 5.78 Å². The Labute approximate surface area is 138 Å². The zero-order valence-electron chi connectivity index (χ0n) is 14.0. The number of ether oxygens (including phenoxy) is 1. The third-order valence-corrected chi connectivity index (χ3v) is 4.85. The molecule has 2 aliphatic heterocycles. The van der Waals surface area contributed by atoms with Crippen molar-refractivity contribution in [3.05, 3.63) is 29.8 Å². The Balaban J connectivity index is 1.44. The normalized spacial score (nSPS) is 23.1. The van der Waals surface area contributed by atoms with Crippen LogP contribution in [0.4, 0.5) is 0 Å². The number of nitrogens with one attached hydrogen (secondary N) is 1. The Hall–Kier alpha value is -1.43. The summed E-state index contributed by atoms with van der Waals surface area (Å²) in [7, 11) is 0. The highest BCUT2D eigenvalue weighted by Crippen LogP contribution is 2.19. The van der Waals surface area contributed by atoms with Crippen molar-refractivity contribution in [2.45, 2.75) is 19.4 Å². The maximum absolute atomic E-state index is 11.6. The second kappa shape index (κ2) is 7.90. The van der Waals surface area contributed by atoms with Crippen molar-refractivity contribution in [2.24, 2.45) is 0 Å². The number of Topliss-reactive ketones (excluding diaryl/α,β-unsaturated/α-hetero) is 1. The lowest BCUT2D eigenvalue weighted by Gasteiger charge is -2.32. The summed E-state index contributed by atoms with van der Waals surface area (Å²) in [6.07, 6.45) is 1.25. The fraction of sp³-hybridized carbons (Fsp3) is 0.611. The Morgan fingerprint density at radius 1 is 1.26 bits per heavy atom. The van der Waals surface area contributed by atoms with Crippen LogP contribution in [0.1, 0.15) is 23.7 Å². The van der Waals surface area contributed by atoms with Gasteiger partial charge in [-0.3, -0.25) is 14.6 Å². The molecule has 2 fully saturated rings. The summed E-state index contributed by atoms with van der Waals surface area (Å²) in [4.78, 5) is 16.7. The third kappa shape index (κ3) is 4.31. The van der Waals surface area contributed by atoms with Gasteiger partial charge < -0.3 is 10.1 Å². The van der Waals surface area contributed by atoms with Crippen molar-refractivity contribution < 1.29 is 9.53 Å². The molecule has 2 heterocycles. The van der Waals surface area contributed by atoms with Crippen molar-refractivity contribution >= 4 is 5.78 Å². The van der Waals surface area contributed by atoms with E-state index in [4.69, 9.17) is 4.74 Å². The first kappa shape index (κ1) is 16.4. The van der Waals surface area contributed by atoms with Gasteiger partial charge in [-0.1, -0.05) is 12.1 Å². The fourth-order valence-electron chi connectivity index (χ4n) is 3.53. The summed E-state index contributed by atoms with van der Waals surface area (Å²) in [6.45, 7) is 9.99. The standard InChI is InChI=1S/C18H27N3O2/c1-15(22)17-4-2-3-5-18(17)23-13-12-20-9-6-16(14-20)21-10-7-19-8-11-21/h2-5,16,19H,6-14H2,1H3. The molecule has 0 amide bonds. The second-order valence-corrected chi connectivity index (χ2v) is 6.43. The van der Waals surface area contributed by atoms with Crippen LogP contribution in [0.15, 0.2) is 24.3 Å². The van der Waals surface area contributed by atoms with Gasteiger partial charge in [-0.05, 0) is 32.0 Å². The summed E-state index contributed by atoms with van der Waals surface area (Å²) < 4.78 is 5.85. The number of carbonyl (C=O) groups is 1. The van der Waals surface area contributed by atoms with Gasteiger partial charge in [-0.25, -0.2) is 0 Å². The summed E-state index contributed by atoms with van der Waals surface area (Å²) >= 11 is 0. The lowest BCUT2D eigenvalue weighted by Crippen LogP contribution is -2.49. The quantitative estimate of drug-likeness (QED) is 0.800.